The molecule has 0 atom stereocenters. The lowest BCUT2D eigenvalue weighted by atomic mass is 9.98. The molecule has 158 valence electrons. The molecule has 9 nitrogen and oxygen atoms in total. The smallest absolute Gasteiger partial charge is 0.243 e. The summed E-state index contributed by atoms with van der Waals surface area (Å²) in [6, 6.07) is 0. The van der Waals surface area contributed by atoms with Gasteiger partial charge in [0.2, 0.25) is 17.7 Å². The van der Waals surface area contributed by atoms with Crippen LogP contribution in [0.25, 0.3) is 0 Å². The third kappa shape index (κ3) is 6.86. The highest BCUT2D eigenvalue weighted by Crippen LogP contribution is 2.28. The zero-order valence-electron chi connectivity index (χ0n) is 16.3. The minimum Gasteiger partial charge on any atom is -0.473 e. The molecule has 1 aliphatic rings. The molecule has 0 spiro atoms. The largest absolute Gasteiger partial charge is 0.473 e. The van der Waals surface area contributed by atoms with Crippen molar-refractivity contribution in [2.24, 2.45) is 0 Å². The molecule has 3 N–H and O–H groups in total. The second-order valence-electron chi connectivity index (χ2n) is 7.19. The molecule has 29 heavy (non-hydrogen) atoms. The summed E-state index contributed by atoms with van der Waals surface area (Å²) in [5.41, 5.74) is 2.41. The molecule has 1 saturated carbocycles. The number of hydrogen-bond acceptors (Lipinski definition) is 7. The quantitative estimate of drug-likeness (QED) is 0.302. The van der Waals surface area contributed by atoms with Gasteiger partial charge < -0.3 is 10.1 Å². The molecule has 0 aliphatic heterocycles. The van der Waals surface area contributed by atoms with E-state index in [1.54, 1.807) is 17.9 Å². The SMILES string of the molecule is O=C(CCCCCn1cc(Nc2ncc(Cl)c(OC3CCCCC3)n2)cn1)NO. The van der Waals surface area contributed by atoms with Gasteiger partial charge in [0.05, 0.1) is 18.1 Å². The van der Waals surface area contributed by atoms with Crippen molar-refractivity contribution in [2.45, 2.75) is 70.4 Å². The Morgan fingerprint density at radius 1 is 1.24 bits per heavy atom. The first-order valence-corrected chi connectivity index (χ1v) is 10.4. The highest BCUT2D eigenvalue weighted by Gasteiger charge is 2.18. The van der Waals surface area contributed by atoms with Crippen molar-refractivity contribution >= 4 is 29.1 Å². The monoisotopic (exact) mass is 422 g/mol. The molecule has 0 radical (unpaired) electrons. The Hall–Kier alpha value is -2.39. The number of nitrogens with zero attached hydrogens (tertiary/aromatic N) is 4. The lowest BCUT2D eigenvalue weighted by Gasteiger charge is -2.22. The third-order valence-corrected chi connectivity index (χ3v) is 5.11. The van der Waals surface area contributed by atoms with Gasteiger partial charge in [-0.1, -0.05) is 24.4 Å². The Balaban J connectivity index is 1.48. The van der Waals surface area contributed by atoms with E-state index in [0.29, 0.717) is 23.3 Å². The van der Waals surface area contributed by atoms with E-state index in [-0.39, 0.29) is 12.0 Å². The number of carbonyl (C=O) groups excluding carboxylic acids is 1. The van der Waals surface area contributed by atoms with Crippen LogP contribution in [-0.2, 0) is 11.3 Å². The van der Waals surface area contributed by atoms with Crippen molar-refractivity contribution in [2.75, 3.05) is 5.32 Å². The van der Waals surface area contributed by atoms with Crippen molar-refractivity contribution in [3.63, 3.8) is 0 Å². The molecule has 2 aromatic rings. The Morgan fingerprint density at radius 2 is 2.07 bits per heavy atom. The van der Waals surface area contributed by atoms with E-state index in [0.717, 1.165) is 44.3 Å². The maximum absolute atomic E-state index is 11.0. The van der Waals surface area contributed by atoms with Gasteiger partial charge >= 0.3 is 0 Å². The molecule has 1 aliphatic carbocycles. The number of halogens is 1. The van der Waals surface area contributed by atoms with Gasteiger partial charge in [-0.05, 0) is 38.5 Å². The van der Waals surface area contributed by atoms with Crippen molar-refractivity contribution < 1.29 is 14.7 Å². The van der Waals surface area contributed by atoms with Crippen LogP contribution in [0.15, 0.2) is 18.6 Å². The fourth-order valence-corrected chi connectivity index (χ4v) is 3.44. The van der Waals surface area contributed by atoms with Crippen LogP contribution in [0.2, 0.25) is 5.02 Å². The van der Waals surface area contributed by atoms with Crippen molar-refractivity contribution in [3.8, 4) is 5.88 Å². The maximum atomic E-state index is 11.0. The van der Waals surface area contributed by atoms with Crippen LogP contribution in [0, 0.1) is 0 Å². The molecule has 0 bridgehead atoms. The molecule has 2 heterocycles. The lowest BCUT2D eigenvalue weighted by Crippen LogP contribution is -2.20. The third-order valence-electron chi connectivity index (χ3n) is 4.85. The van der Waals surface area contributed by atoms with Crippen LogP contribution in [0.1, 0.15) is 57.8 Å². The molecular weight excluding hydrogens is 396 g/mol. The lowest BCUT2D eigenvalue weighted by molar-refractivity contribution is -0.129. The van der Waals surface area contributed by atoms with Gasteiger partial charge in [0, 0.05) is 19.2 Å². The highest BCUT2D eigenvalue weighted by atomic mass is 35.5. The number of rotatable bonds is 10. The van der Waals surface area contributed by atoms with E-state index >= 15 is 0 Å². The summed E-state index contributed by atoms with van der Waals surface area (Å²) in [6.07, 6.45) is 13.7. The van der Waals surface area contributed by atoms with E-state index in [4.69, 9.17) is 21.5 Å². The number of hydroxylamine groups is 1. The summed E-state index contributed by atoms with van der Waals surface area (Å²) in [5, 5.41) is 16.3. The summed E-state index contributed by atoms with van der Waals surface area (Å²) in [6.45, 7) is 0.736. The van der Waals surface area contributed by atoms with Gasteiger partial charge in [0.1, 0.15) is 11.1 Å². The number of carbonyl (C=O) groups is 1. The zero-order chi connectivity index (χ0) is 20.5. The van der Waals surface area contributed by atoms with Crippen molar-refractivity contribution in [1.29, 1.82) is 0 Å². The molecule has 10 heteroatoms. The first-order valence-electron chi connectivity index (χ1n) is 10.1. The standard InChI is InChI=1S/C19H27ClN6O3/c20-16-12-21-19(24-18(16)29-15-7-3-1-4-8-15)23-14-11-22-26(13-14)10-6-2-5-9-17(27)25-28/h11-13,15,28H,1-10H2,(H,25,27)(H,21,23,24). The van der Waals surface area contributed by atoms with Crippen molar-refractivity contribution in [1.82, 2.24) is 25.2 Å². The van der Waals surface area contributed by atoms with Crippen molar-refractivity contribution in [3.05, 3.63) is 23.6 Å². The number of amides is 1. The number of aromatic nitrogens is 4. The zero-order valence-corrected chi connectivity index (χ0v) is 17.1. The van der Waals surface area contributed by atoms with Gasteiger partial charge in [-0.2, -0.15) is 10.1 Å². The van der Waals surface area contributed by atoms with Crippen LogP contribution < -0.4 is 15.5 Å². The average Bonchev–Trinajstić information content (AvgIpc) is 3.18. The number of aryl methyl sites for hydroxylation is 1. The minimum absolute atomic E-state index is 0.162. The van der Waals surface area contributed by atoms with Gasteiger partial charge in [-0.15, -0.1) is 0 Å². The fourth-order valence-electron chi connectivity index (χ4n) is 3.31. The van der Waals surface area contributed by atoms with E-state index in [2.05, 4.69) is 20.4 Å². The fraction of sp³-hybridized carbons (Fsp3) is 0.579. The summed E-state index contributed by atoms with van der Waals surface area (Å²) < 4.78 is 7.81. The van der Waals surface area contributed by atoms with Gasteiger partial charge in [0.25, 0.3) is 0 Å². The van der Waals surface area contributed by atoms with Gasteiger partial charge in [0.15, 0.2) is 0 Å². The van der Waals surface area contributed by atoms with Gasteiger partial charge in [-0.25, -0.2) is 10.5 Å². The topological polar surface area (TPSA) is 114 Å². The molecule has 1 fully saturated rings. The molecular formula is C19H27ClN6O3. The number of nitrogens with one attached hydrogen (secondary N) is 2. The summed E-state index contributed by atoms with van der Waals surface area (Å²) >= 11 is 6.20. The van der Waals surface area contributed by atoms with Gasteiger partial charge in [-0.3, -0.25) is 14.7 Å². The van der Waals surface area contributed by atoms with Crippen LogP contribution in [0.5, 0.6) is 5.88 Å². The van der Waals surface area contributed by atoms with E-state index in [1.165, 1.54) is 19.3 Å². The number of unbranched alkanes of at least 4 members (excludes halogenated alkanes) is 2. The molecule has 1 amide bonds. The van der Waals surface area contributed by atoms with Crippen LogP contribution >= 0.6 is 11.6 Å². The molecule has 3 rings (SSSR count). The summed E-state index contributed by atoms with van der Waals surface area (Å²) in [4.78, 5) is 19.6. The first-order chi connectivity index (χ1) is 14.1. The predicted molar refractivity (Wildman–Crippen MR) is 108 cm³/mol. The highest BCUT2D eigenvalue weighted by molar-refractivity contribution is 6.31. The molecule has 0 saturated heterocycles. The molecule has 0 unspecified atom stereocenters. The van der Waals surface area contributed by atoms with Crippen LogP contribution in [0.3, 0.4) is 0 Å². The maximum Gasteiger partial charge on any atom is 0.243 e. The first kappa shape index (κ1) is 21.3. The van der Waals surface area contributed by atoms with E-state index < -0.39 is 0 Å². The summed E-state index contributed by atoms with van der Waals surface area (Å²) in [7, 11) is 0. The average molecular weight is 423 g/mol. The Kier molecular flexibility index (Phi) is 8.06. The van der Waals surface area contributed by atoms with Crippen LogP contribution in [-0.4, -0.2) is 37.0 Å². The molecule has 2 aromatic heterocycles. The predicted octanol–water partition coefficient (Wildman–Crippen LogP) is 3.85. The second kappa shape index (κ2) is 11.0. The Labute approximate surface area is 174 Å². The number of hydrogen-bond donors (Lipinski definition) is 3. The molecule has 0 aromatic carbocycles. The van der Waals surface area contributed by atoms with Crippen LogP contribution in [0.4, 0.5) is 11.6 Å². The minimum atomic E-state index is -0.356. The Morgan fingerprint density at radius 3 is 2.86 bits per heavy atom. The van der Waals surface area contributed by atoms with E-state index in [9.17, 15) is 4.79 Å². The summed E-state index contributed by atoms with van der Waals surface area (Å²) in [5.74, 6) is 0.468. The second-order valence-corrected chi connectivity index (χ2v) is 7.59. The van der Waals surface area contributed by atoms with E-state index in [1.807, 2.05) is 10.9 Å². The Bertz CT molecular complexity index is 794. The normalized spacial score (nSPS) is 14.6. The number of ether oxygens (including phenoxy) is 1. The number of anilines is 2.